The SMILES string of the molecule is CN1CC=C(c2cnc(N3CCO[C@@H](Cn4nnc5ncc(-c6cccc(C#N)c6)nc54)C3)nc2)CC1. The maximum absolute atomic E-state index is 9.22. The molecule has 11 heteroatoms. The summed E-state index contributed by atoms with van der Waals surface area (Å²) in [5.74, 6) is 0.702. The third-order valence-electron chi connectivity index (χ3n) is 6.73. The molecule has 0 N–H and O–H groups in total. The molecule has 0 amide bonds. The number of aromatic nitrogens is 7. The van der Waals surface area contributed by atoms with E-state index in [4.69, 9.17) is 9.72 Å². The van der Waals surface area contributed by atoms with E-state index in [-0.39, 0.29) is 6.10 Å². The van der Waals surface area contributed by atoms with Crippen molar-refractivity contribution in [3.63, 3.8) is 0 Å². The Morgan fingerprint density at radius 3 is 2.81 bits per heavy atom. The maximum Gasteiger partial charge on any atom is 0.225 e. The van der Waals surface area contributed by atoms with Crippen LogP contribution in [0.1, 0.15) is 17.5 Å². The zero-order valence-electron chi connectivity index (χ0n) is 20.5. The normalized spacial score (nSPS) is 18.5. The molecule has 1 atom stereocenters. The van der Waals surface area contributed by atoms with Gasteiger partial charge in [-0.05, 0) is 31.2 Å². The van der Waals surface area contributed by atoms with Gasteiger partial charge in [-0.15, -0.1) is 5.10 Å². The maximum atomic E-state index is 9.22. The average molecular weight is 495 g/mol. The van der Waals surface area contributed by atoms with Crippen LogP contribution >= 0.6 is 0 Å². The fraction of sp³-hybridized carbons (Fsp3) is 0.346. The summed E-state index contributed by atoms with van der Waals surface area (Å²) in [4.78, 5) is 22.9. The van der Waals surface area contributed by atoms with Crippen molar-refractivity contribution in [2.45, 2.75) is 19.1 Å². The Morgan fingerprint density at radius 1 is 1.11 bits per heavy atom. The second-order valence-electron chi connectivity index (χ2n) is 9.32. The summed E-state index contributed by atoms with van der Waals surface area (Å²) in [6.07, 6.45) is 8.63. The largest absolute Gasteiger partial charge is 0.373 e. The number of likely N-dealkylation sites (N-methyl/N-ethyl adjacent to an activating group) is 1. The molecule has 2 aliphatic rings. The Bertz CT molecular complexity index is 1490. The molecular weight excluding hydrogens is 468 g/mol. The van der Waals surface area contributed by atoms with Gasteiger partial charge in [-0.25, -0.2) is 24.6 Å². The number of hydrogen-bond donors (Lipinski definition) is 0. The quantitative estimate of drug-likeness (QED) is 0.408. The van der Waals surface area contributed by atoms with Crippen LogP contribution in [-0.4, -0.2) is 85.8 Å². The molecule has 2 aliphatic heterocycles. The lowest BCUT2D eigenvalue weighted by atomic mass is 10.0. The molecule has 0 spiro atoms. The van der Waals surface area contributed by atoms with Crippen LogP contribution in [0.25, 0.3) is 28.1 Å². The highest BCUT2D eigenvalue weighted by atomic mass is 16.5. The van der Waals surface area contributed by atoms with Gasteiger partial charge in [0.05, 0.1) is 42.8 Å². The molecular formula is C26H26N10O. The molecule has 0 aliphatic carbocycles. The minimum atomic E-state index is -0.133. The first kappa shape index (κ1) is 23.1. The smallest absolute Gasteiger partial charge is 0.225 e. The Hall–Kier alpha value is -4.27. The van der Waals surface area contributed by atoms with Gasteiger partial charge in [0.25, 0.3) is 0 Å². The molecule has 1 saturated heterocycles. The molecule has 3 aromatic heterocycles. The van der Waals surface area contributed by atoms with E-state index in [0.29, 0.717) is 48.2 Å². The van der Waals surface area contributed by atoms with Crippen LogP contribution in [0.3, 0.4) is 0 Å². The second kappa shape index (κ2) is 10.0. The molecule has 6 rings (SSSR count). The van der Waals surface area contributed by atoms with Crippen molar-refractivity contribution < 1.29 is 4.74 Å². The van der Waals surface area contributed by atoms with Crippen LogP contribution in [-0.2, 0) is 11.3 Å². The highest BCUT2D eigenvalue weighted by Crippen LogP contribution is 2.23. The highest BCUT2D eigenvalue weighted by Gasteiger charge is 2.24. The number of anilines is 1. The number of morpholine rings is 1. The molecule has 1 fully saturated rings. The number of nitrogens with zero attached hydrogens (tertiary/aromatic N) is 10. The molecule has 11 nitrogen and oxygen atoms in total. The highest BCUT2D eigenvalue weighted by molar-refractivity contribution is 5.70. The minimum absolute atomic E-state index is 0.133. The summed E-state index contributed by atoms with van der Waals surface area (Å²) in [5, 5.41) is 17.7. The Labute approximate surface area is 214 Å². The van der Waals surface area contributed by atoms with E-state index in [2.05, 4.69) is 54.3 Å². The van der Waals surface area contributed by atoms with Crippen LogP contribution in [0.5, 0.6) is 0 Å². The van der Waals surface area contributed by atoms with Crippen LogP contribution in [0.4, 0.5) is 5.95 Å². The third-order valence-corrected chi connectivity index (χ3v) is 6.73. The van der Waals surface area contributed by atoms with E-state index < -0.39 is 0 Å². The van der Waals surface area contributed by atoms with E-state index in [1.165, 1.54) is 5.57 Å². The second-order valence-corrected chi connectivity index (χ2v) is 9.32. The zero-order valence-corrected chi connectivity index (χ0v) is 20.5. The predicted octanol–water partition coefficient (Wildman–Crippen LogP) is 2.17. The van der Waals surface area contributed by atoms with Crippen LogP contribution in [0.2, 0.25) is 0 Å². The standard InChI is InChI=1S/C26H26N10O/c1-34-7-5-19(6-8-34)21-13-29-26(30-14-21)35-9-10-37-22(16-35)17-36-25-24(32-33-36)28-15-23(31-25)20-4-2-3-18(11-20)12-27/h2-5,11,13-15,22H,6-10,16-17H2,1H3/t22-/m1/s1. The Morgan fingerprint density at radius 2 is 2.00 bits per heavy atom. The van der Waals surface area contributed by atoms with Crippen LogP contribution < -0.4 is 4.90 Å². The lowest BCUT2D eigenvalue weighted by molar-refractivity contribution is 0.0273. The zero-order chi connectivity index (χ0) is 25.2. The number of nitriles is 1. The van der Waals surface area contributed by atoms with Gasteiger partial charge in [0.1, 0.15) is 0 Å². The van der Waals surface area contributed by atoms with Crippen LogP contribution in [0, 0.1) is 11.3 Å². The van der Waals surface area contributed by atoms with Crippen molar-refractivity contribution in [3.8, 4) is 17.3 Å². The van der Waals surface area contributed by atoms with Gasteiger partial charge >= 0.3 is 0 Å². The van der Waals surface area contributed by atoms with Gasteiger partial charge < -0.3 is 14.5 Å². The van der Waals surface area contributed by atoms with Gasteiger partial charge in [-0.3, -0.25) is 0 Å². The minimum Gasteiger partial charge on any atom is -0.373 e. The third kappa shape index (κ3) is 4.89. The van der Waals surface area contributed by atoms with Crippen LogP contribution in [0.15, 0.2) is 48.9 Å². The first-order chi connectivity index (χ1) is 18.2. The Balaban J connectivity index is 1.17. The summed E-state index contributed by atoms with van der Waals surface area (Å²) in [6, 6.07) is 9.45. The number of hydrogen-bond acceptors (Lipinski definition) is 10. The van der Waals surface area contributed by atoms with E-state index in [0.717, 1.165) is 37.2 Å². The van der Waals surface area contributed by atoms with Crippen molar-refractivity contribution in [2.24, 2.45) is 0 Å². The lowest BCUT2D eigenvalue weighted by Gasteiger charge is -2.32. The average Bonchev–Trinajstić information content (AvgIpc) is 3.35. The molecule has 1 aromatic carbocycles. The number of ether oxygens (including phenoxy) is 1. The predicted molar refractivity (Wildman–Crippen MR) is 137 cm³/mol. The summed E-state index contributed by atoms with van der Waals surface area (Å²) in [5.41, 5.74) is 5.49. The van der Waals surface area contributed by atoms with Gasteiger partial charge in [0.15, 0.2) is 5.65 Å². The fourth-order valence-electron chi connectivity index (χ4n) is 4.65. The summed E-state index contributed by atoms with van der Waals surface area (Å²) in [6.45, 7) is 4.40. The molecule has 0 radical (unpaired) electrons. The van der Waals surface area contributed by atoms with Gasteiger partial charge in [0.2, 0.25) is 11.6 Å². The van der Waals surface area contributed by atoms with Gasteiger partial charge in [0, 0.05) is 49.7 Å². The topological polar surface area (TPSA) is 122 Å². The summed E-state index contributed by atoms with van der Waals surface area (Å²) < 4.78 is 7.77. The van der Waals surface area contributed by atoms with Crippen molar-refractivity contribution in [1.82, 2.24) is 39.8 Å². The molecule has 37 heavy (non-hydrogen) atoms. The summed E-state index contributed by atoms with van der Waals surface area (Å²) in [7, 11) is 2.13. The fourth-order valence-corrected chi connectivity index (χ4v) is 4.65. The van der Waals surface area contributed by atoms with E-state index in [1.54, 1.807) is 23.0 Å². The van der Waals surface area contributed by atoms with Crippen molar-refractivity contribution in [3.05, 3.63) is 60.1 Å². The summed E-state index contributed by atoms with van der Waals surface area (Å²) >= 11 is 0. The van der Waals surface area contributed by atoms with Crippen molar-refractivity contribution in [2.75, 3.05) is 44.7 Å². The molecule has 4 aromatic rings. The molecule has 0 unspecified atom stereocenters. The van der Waals surface area contributed by atoms with E-state index >= 15 is 0 Å². The van der Waals surface area contributed by atoms with E-state index in [9.17, 15) is 5.26 Å². The molecule has 0 bridgehead atoms. The first-order valence-electron chi connectivity index (χ1n) is 12.3. The molecule has 186 valence electrons. The Kier molecular flexibility index (Phi) is 6.26. The van der Waals surface area contributed by atoms with Gasteiger partial charge in [-0.2, -0.15) is 5.26 Å². The van der Waals surface area contributed by atoms with Crippen molar-refractivity contribution in [1.29, 1.82) is 5.26 Å². The number of benzene rings is 1. The number of fused-ring (bicyclic) bond motifs is 1. The number of rotatable bonds is 5. The lowest BCUT2D eigenvalue weighted by Crippen LogP contribution is -2.45. The van der Waals surface area contributed by atoms with E-state index in [1.807, 2.05) is 24.5 Å². The monoisotopic (exact) mass is 494 g/mol. The van der Waals surface area contributed by atoms with Crippen molar-refractivity contribution >= 4 is 22.8 Å². The molecule has 5 heterocycles. The van der Waals surface area contributed by atoms with Gasteiger partial charge in [-0.1, -0.05) is 23.4 Å². The first-order valence-corrected chi connectivity index (χ1v) is 12.3. The molecule has 0 saturated carbocycles.